The van der Waals surface area contributed by atoms with Crippen LogP contribution in [-0.2, 0) is 29.5 Å². The number of carbonyl (C=O) groups is 2. The van der Waals surface area contributed by atoms with Gasteiger partial charge in [0.15, 0.2) is 9.84 Å². The zero-order valence-corrected chi connectivity index (χ0v) is 16.1. The number of amides is 1. The molecule has 0 atom stereocenters. The van der Waals surface area contributed by atoms with Crippen LogP contribution in [0, 0.1) is 0 Å². The van der Waals surface area contributed by atoms with Crippen LogP contribution in [0.1, 0.15) is 0 Å². The molecule has 0 aliphatic heterocycles. The fraction of sp³-hybridized carbons (Fsp3) is 0.273. The summed E-state index contributed by atoms with van der Waals surface area (Å²) in [4.78, 5) is 20.4. The van der Waals surface area contributed by atoms with Crippen molar-refractivity contribution >= 4 is 32.0 Å². The van der Waals surface area contributed by atoms with Crippen LogP contribution in [0.3, 0.4) is 0 Å². The van der Waals surface area contributed by atoms with Crippen LogP contribution in [0.15, 0.2) is 34.1 Å². The summed E-state index contributed by atoms with van der Waals surface area (Å²) in [5, 5.41) is 11.9. The molecule has 1 amide bonds. The second kappa shape index (κ2) is 9.34. The Morgan fingerprint density at radius 1 is 1.08 bits per heavy atom. The van der Waals surface area contributed by atoms with Crippen molar-refractivity contribution in [2.75, 3.05) is 18.9 Å². The van der Waals surface area contributed by atoms with Crippen molar-refractivity contribution in [2.24, 2.45) is 0 Å². The molecule has 0 saturated carbocycles. The fourth-order valence-corrected chi connectivity index (χ4v) is 2.95. The zero-order valence-electron chi connectivity index (χ0n) is 12.5. The largest absolute Gasteiger partial charge is 1.00 e. The summed E-state index contributed by atoms with van der Waals surface area (Å²) >= 11 is 0. The quantitative estimate of drug-likeness (QED) is 0.343. The normalized spacial score (nSPS) is 11.2. The van der Waals surface area contributed by atoms with Gasteiger partial charge in [0, 0.05) is 0 Å². The first kappa shape index (κ1) is 22.8. The number of nitrogens with one attached hydrogen (secondary N) is 1. The number of alkyl carbamates (subject to hydrolysis) is 1. The minimum atomic E-state index is -4.43. The fourth-order valence-electron chi connectivity index (χ4n) is 1.38. The molecular formula is C11H12NNaO9S2. The molecule has 0 aliphatic carbocycles. The number of hydrogen-bond donors (Lipinski definition) is 2. The first-order valence-electron chi connectivity index (χ1n) is 5.93. The van der Waals surface area contributed by atoms with E-state index in [2.05, 4.69) is 4.74 Å². The third-order valence-electron chi connectivity index (χ3n) is 2.44. The Morgan fingerprint density at radius 3 is 2.04 bits per heavy atom. The number of carboxylic acid groups (broad SMARTS) is 1. The third-order valence-corrected chi connectivity index (χ3v) is 5.01. The number of hydrogen-bond acceptors (Lipinski definition) is 8. The number of aliphatic carboxylic acids is 1. The Kier molecular flexibility index (Phi) is 8.88. The second-order valence-electron chi connectivity index (χ2n) is 4.13. The van der Waals surface area contributed by atoms with Gasteiger partial charge < -0.3 is 20.0 Å². The molecule has 128 valence electrons. The van der Waals surface area contributed by atoms with E-state index >= 15 is 0 Å². The Bertz CT molecular complexity index is 787. The van der Waals surface area contributed by atoms with Gasteiger partial charge in [-0.1, -0.05) is 0 Å². The van der Waals surface area contributed by atoms with Crippen LogP contribution in [-0.4, -0.2) is 52.4 Å². The smallest absolute Gasteiger partial charge is 0.548 e. The van der Waals surface area contributed by atoms with E-state index in [4.69, 9.17) is 4.55 Å². The third kappa shape index (κ3) is 7.59. The van der Waals surface area contributed by atoms with E-state index in [-0.39, 0.29) is 34.5 Å². The van der Waals surface area contributed by atoms with Crippen molar-refractivity contribution in [3.05, 3.63) is 24.3 Å². The Labute approximate surface area is 160 Å². The Balaban J connectivity index is 0.00000529. The standard InChI is InChI=1S/C11H13NO9S2.Na/c13-10(14)7-12-11(15)21-5-6-22(16,17)8-1-3-9(4-2-8)23(18,19)20;/h1-4H,5-7H2,(H,12,15)(H,13,14)(H,18,19,20);/q;+1/p-1. The minimum Gasteiger partial charge on any atom is -0.548 e. The number of ether oxygens (including phenoxy) is 1. The molecule has 1 aromatic rings. The first-order chi connectivity index (χ1) is 10.5. The van der Waals surface area contributed by atoms with E-state index < -0.39 is 55.8 Å². The molecule has 10 nitrogen and oxygen atoms in total. The van der Waals surface area contributed by atoms with Gasteiger partial charge >= 0.3 is 35.7 Å². The number of carbonyl (C=O) groups excluding carboxylic acids is 2. The minimum absolute atomic E-state index is 0. The van der Waals surface area contributed by atoms with E-state index in [1.165, 1.54) is 0 Å². The molecular weight excluding hydrogens is 377 g/mol. The van der Waals surface area contributed by atoms with Gasteiger partial charge in [-0.2, -0.15) is 8.42 Å². The maximum atomic E-state index is 11.9. The van der Waals surface area contributed by atoms with Crippen molar-refractivity contribution in [2.45, 2.75) is 9.79 Å². The summed E-state index contributed by atoms with van der Waals surface area (Å²) < 4.78 is 58.8. The van der Waals surface area contributed by atoms with Crippen LogP contribution in [0.25, 0.3) is 0 Å². The summed E-state index contributed by atoms with van der Waals surface area (Å²) in [6.45, 7) is -1.32. The SMILES string of the molecule is O=C([O-])CNC(=O)OCCS(=O)(=O)c1ccc(S(=O)(=O)O)cc1.[Na+]. The van der Waals surface area contributed by atoms with Gasteiger partial charge in [-0.15, -0.1) is 0 Å². The number of benzene rings is 1. The van der Waals surface area contributed by atoms with Crippen molar-refractivity contribution in [3.8, 4) is 0 Å². The molecule has 2 N–H and O–H groups in total. The molecule has 0 aliphatic rings. The molecule has 0 spiro atoms. The Morgan fingerprint density at radius 2 is 1.58 bits per heavy atom. The molecule has 0 unspecified atom stereocenters. The average molecular weight is 389 g/mol. The van der Waals surface area contributed by atoms with Gasteiger partial charge in [-0.05, 0) is 24.3 Å². The van der Waals surface area contributed by atoms with E-state index in [9.17, 15) is 31.5 Å². The number of rotatable bonds is 7. The molecule has 0 aromatic heterocycles. The summed E-state index contributed by atoms with van der Waals surface area (Å²) in [7, 11) is -8.29. The van der Waals surface area contributed by atoms with E-state index in [1.807, 2.05) is 5.32 Å². The van der Waals surface area contributed by atoms with Crippen LogP contribution in [0.5, 0.6) is 0 Å². The predicted molar refractivity (Wildman–Crippen MR) is 72.7 cm³/mol. The molecule has 1 rings (SSSR count). The van der Waals surface area contributed by atoms with Crippen LogP contribution >= 0.6 is 0 Å². The van der Waals surface area contributed by atoms with Gasteiger partial charge in [-0.3, -0.25) is 4.55 Å². The molecule has 24 heavy (non-hydrogen) atoms. The maximum absolute atomic E-state index is 11.9. The van der Waals surface area contributed by atoms with Crippen LogP contribution in [0.2, 0.25) is 0 Å². The summed E-state index contributed by atoms with van der Waals surface area (Å²) in [6, 6.07) is 3.79. The summed E-state index contributed by atoms with van der Waals surface area (Å²) in [5.41, 5.74) is 0. The van der Waals surface area contributed by atoms with Gasteiger partial charge in [0.25, 0.3) is 10.1 Å². The van der Waals surface area contributed by atoms with Gasteiger partial charge in [-0.25, -0.2) is 13.2 Å². The van der Waals surface area contributed by atoms with E-state index in [1.54, 1.807) is 0 Å². The first-order valence-corrected chi connectivity index (χ1v) is 9.02. The molecule has 0 radical (unpaired) electrons. The molecule has 0 saturated heterocycles. The second-order valence-corrected chi connectivity index (χ2v) is 7.66. The van der Waals surface area contributed by atoms with Crippen LogP contribution < -0.4 is 40.0 Å². The summed E-state index contributed by atoms with van der Waals surface area (Å²) in [6.07, 6.45) is -1.12. The Hall–Kier alpha value is -1.18. The molecule has 1 aromatic carbocycles. The predicted octanol–water partition coefficient (Wildman–Crippen LogP) is -4.81. The number of carboxylic acids is 1. The van der Waals surface area contributed by atoms with E-state index in [0.29, 0.717) is 0 Å². The van der Waals surface area contributed by atoms with Gasteiger partial charge in [0.05, 0.1) is 28.1 Å². The van der Waals surface area contributed by atoms with Gasteiger partial charge in [0.1, 0.15) is 6.61 Å². The monoisotopic (exact) mass is 389 g/mol. The van der Waals surface area contributed by atoms with Crippen molar-refractivity contribution in [3.63, 3.8) is 0 Å². The topological polar surface area (TPSA) is 167 Å². The molecule has 0 bridgehead atoms. The number of sulfone groups is 1. The molecule has 13 heteroatoms. The molecule has 0 fully saturated rings. The van der Waals surface area contributed by atoms with Gasteiger partial charge in [0.2, 0.25) is 0 Å². The average Bonchev–Trinajstić information content (AvgIpc) is 2.44. The summed E-state index contributed by atoms with van der Waals surface area (Å²) in [5.74, 6) is -2.13. The zero-order chi connectivity index (χ0) is 17.7. The molecule has 0 heterocycles. The van der Waals surface area contributed by atoms with Crippen molar-refractivity contribution in [1.82, 2.24) is 5.32 Å². The van der Waals surface area contributed by atoms with Crippen molar-refractivity contribution in [1.29, 1.82) is 0 Å². The van der Waals surface area contributed by atoms with Crippen LogP contribution in [0.4, 0.5) is 4.79 Å². The van der Waals surface area contributed by atoms with E-state index in [0.717, 1.165) is 24.3 Å². The van der Waals surface area contributed by atoms with Crippen molar-refractivity contribution < 1.29 is 70.4 Å². The maximum Gasteiger partial charge on any atom is 1.00 e.